The second-order valence-corrected chi connectivity index (χ2v) is 6.69. The molecule has 0 atom stereocenters. The van der Waals surface area contributed by atoms with Crippen molar-refractivity contribution < 1.29 is 14.4 Å². The fourth-order valence-electron chi connectivity index (χ4n) is 2.82. The zero-order valence-electron chi connectivity index (χ0n) is 15.3. The first-order chi connectivity index (χ1) is 12.4. The molecular formula is C19H26N4O3. The molecule has 0 aliphatic heterocycles. The molecule has 0 radical (unpaired) electrons. The molecule has 0 bridgehead atoms. The first-order valence-electron chi connectivity index (χ1n) is 8.94. The molecule has 7 nitrogen and oxygen atoms in total. The summed E-state index contributed by atoms with van der Waals surface area (Å²) in [7, 11) is 0. The van der Waals surface area contributed by atoms with Crippen LogP contribution in [0.5, 0.6) is 0 Å². The van der Waals surface area contributed by atoms with Crippen molar-refractivity contribution in [1.29, 1.82) is 0 Å². The van der Waals surface area contributed by atoms with E-state index in [1.54, 1.807) is 19.1 Å². The first-order valence-corrected chi connectivity index (χ1v) is 8.94. The van der Waals surface area contributed by atoms with Crippen LogP contribution < -0.4 is 16.1 Å². The number of amides is 3. The van der Waals surface area contributed by atoms with Crippen molar-refractivity contribution in [3.63, 3.8) is 0 Å². The molecule has 0 unspecified atom stereocenters. The van der Waals surface area contributed by atoms with E-state index >= 15 is 0 Å². The van der Waals surface area contributed by atoms with E-state index in [2.05, 4.69) is 21.2 Å². The van der Waals surface area contributed by atoms with Crippen LogP contribution in [0.15, 0.2) is 29.4 Å². The molecular weight excluding hydrogens is 332 g/mol. The molecule has 1 fully saturated rings. The molecule has 1 aromatic rings. The average molecular weight is 358 g/mol. The van der Waals surface area contributed by atoms with Gasteiger partial charge >= 0.3 is 11.8 Å². The molecule has 2 rings (SSSR count). The summed E-state index contributed by atoms with van der Waals surface area (Å²) in [4.78, 5) is 35.6. The quantitative estimate of drug-likeness (QED) is 0.428. The van der Waals surface area contributed by atoms with Gasteiger partial charge in [0.25, 0.3) is 0 Å². The minimum Gasteiger partial charge on any atom is -0.353 e. The summed E-state index contributed by atoms with van der Waals surface area (Å²) in [5.74, 6) is -1.80. The average Bonchev–Trinajstić information content (AvgIpc) is 2.62. The van der Waals surface area contributed by atoms with Crippen LogP contribution in [0.1, 0.15) is 51.0 Å². The maximum Gasteiger partial charge on any atom is 0.329 e. The molecule has 1 aliphatic carbocycles. The lowest BCUT2D eigenvalue weighted by atomic mass is 9.95. The molecule has 1 aromatic carbocycles. The molecule has 0 aromatic heterocycles. The highest BCUT2D eigenvalue weighted by Gasteiger charge is 2.17. The Bertz CT molecular complexity index is 677. The largest absolute Gasteiger partial charge is 0.353 e. The number of nitrogens with zero attached hydrogens (tertiary/aromatic N) is 1. The second-order valence-electron chi connectivity index (χ2n) is 6.69. The van der Waals surface area contributed by atoms with E-state index in [-0.39, 0.29) is 18.4 Å². The number of aryl methyl sites for hydroxylation is 1. The Morgan fingerprint density at radius 2 is 1.69 bits per heavy atom. The molecule has 26 heavy (non-hydrogen) atoms. The number of hydrogen-bond acceptors (Lipinski definition) is 4. The van der Waals surface area contributed by atoms with Crippen molar-refractivity contribution in [3.05, 3.63) is 29.8 Å². The van der Waals surface area contributed by atoms with E-state index in [0.29, 0.717) is 11.4 Å². The third kappa shape index (κ3) is 6.66. The zero-order chi connectivity index (χ0) is 18.9. The summed E-state index contributed by atoms with van der Waals surface area (Å²) >= 11 is 0. The van der Waals surface area contributed by atoms with Crippen molar-refractivity contribution in [2.75, 3.05) is 5.32 Å². The van der Waals surface area contributed by atoms with Crippen molar-refractivity contribution in [1.82, 2.24) is 10.7 Å². The molecule has 0 heterocycles. The Kier molecular flexibility index (Phi) is 7.32. The van der Waals surface area contributed by atoms with Gasteiger partial charge in [-0.1, -0.05) is 37.0 Å². The lowest BCUT2D eigenvalue weighted by molar-refractivity contribution is -0.136. The van der Waals surface area contributed by atoms with E-state index in [9.17, 15) is 14.4 Å². The fraction of sp³-hybridized carbons (Fsp3) is 0.474. The van der Waals surface area contributed by atoms with Gasteiger partial charge in [-0.05, 0) is 38.8 Å². The van der Waals surface area contributed by atoms with Gasteiger partial charge in [0.1, 0.15) is 0 Å². The van der Waals surface area contributed by atoms with Crippen molar-refractivity contribution in [2.24, 2.45) is 5.10 Å². The van der Waals surface area contributed by atoms with Gasteiger partial charge in [-0.25, -0.2) is 5.43 Å². The summed E-state index contributed by atoms with van der Waals surface area (Å²) in [6.07, 6.45) is 5.63. The topological polar surface area (TPSA) is 99.7 Å². The van der Waals surface area contributed by atoms with E-state index in [1.807, 2.05) is 19.1 Å². The Morgan fingerprint density at radius 1 is 1.04 bits per heavy atom. The molecule has 0 saturated heterocycles. The summed E-state index contributed by atoms with van der Waals surface area (Å²) in [5, 5.41) is 9.30. The lowest BCUT2D eigenvalue weighted by Crippen LogP contribution is -2.37. The Balaban J connectivity index is 1.75. The van der Waals surface area contributed by atoms with Crippen LogP contribution in [0.4, 0.5) is 5.69 Å². The van der Waals surface area contributed by atoms with Crippen LogP contribution >= 0.6 is 0 Å². The molecule has 0 spiro atoms. The molecule has 3 amide bonds. The van der Waals surface area contributed by atoms with Gasteiger partial charge in [-0.2, -0.15) is 5.10 Å². The summed E-state index contributed by atoms with van der Waals surface area (Å²) in [6.45, 7) is 3.57. The number of rotatable bonds is 5. The third-order valence-corrected chi connectivity index (χ3v) is 4.25. The molecule has 7 heteroatoms. The first kappa shape index (κ1) is 19.6. The molecule has 3 N–H and O–H groups in total. The van der Waals surface area contributed by atoms with Gasteiger partial charge < -0.3 is 10.6 Å². The predicted molar refractivity (Wildman–Crippen MR) is 101 cm³/mol. The fourth-order valence-corrected chi connectivity index (χ4v) is 2.82. The smallest absolute Gasteiger partial charge is 0.329 e. The van der Waals surface area contributed by atoms with Crippen molar-refractivity contribution in [2.45, 2.75) is 58.4 Å². The molecule has 1 saturated carbocycles. The van der Waals surface area contributed by atoms with E-state index in [1.165, 1.54) is 6.42 Å². The summed E-state index contributed by atoms with van der Waals surface area (Å²) in [6, 6.07) is 7.33. The Labute approximate surface area is 153 Å². The maximum atomic E-state index is 12.0. The summed E-state index contributed by atoms with van der Waals surface area (Å²) < 4.78 is 0. The highest BCUT2D eigenvalue weighted by Crippen LogP contribution is 2.17. The van der Waals surface area contributed by atoms with Crippen molar-refractivity contribution >= 4 is 29.1 Å². The zero-order valence-corrected chi connectivity index (χ0v) is 15.3. The monoisotopic (exact) mass is 358 g/mol. The van der Waals surface area contributed by atoms with Gasteiger partial charge in [-0.15, -0.1) is 0 Å². The van der Waals surface area contributed by atoms with Crippen LogP contribution in [-0.2, 0) is 14.4 Å². The molecule has 140 valence electrons. The van der Waals surface area contributed by atoms with E-state index < -0.39 is 11.8 Å². The van der Waals surface area contributed by atoms with Crippen LogP contribution in [0.25, 0.3) is 0 Å². The number of hydrogen-bond donors (Lipinski definition) is 3. The SMILES string of the molecule is C/C(CC(=O)NC1CCCCC1)=N/NC(=O)C(=O)Nc1ccc(C)cc1. The lowest BCUT2D eigenvalue weighted by Gasteiger charge is -2.22. The van der Waals surface area contributed by atoms with Gasteiger partial charge in [0, 0.05) is 17.4 Å². The van der Waals surface area contributed by atoms with Gasteiger partial charge in [0.05, 0.1) is 6.42 Å². The van der Waals surface area contributed by atoms with Crippen LogP contribution in [-0.4, -0.2) is 29.5 Å². The number of carbonyl (C=O) groups is 3. The molecule has 1 aliphatic rings. The number of benzene rings is 1. The van der Waals surface area contributed by atoms with Crippen LogP contribution in [0, 0.1) is 6.92 Å². The van der Waals surface area contributed by atoms with Gasteiger partial charge in [-0.3, -0.25) is 14.4 Å². The normalized spacial score (nSPS) is 15.2. The minimum absolute atomic E-state index is 0.0936. The maximum absolute atomic E-state index is 12.0. The predicted octanol–water partition coefficient (Wildman–Crippen LogP) is 2.26. The number of nitrogens with one attached hydrogen (secondary N) is 3. The Hall–Kier alpha value is -2.70. The third-order valence-electron chi connectivity index (χ3n) is 4.25. The number of anilines is 1. The highest BCUT2D eigenvalue weighted by molar-refractivity contribution is 6.39. The van der Waals surface area contributed by atoms with Gasteiger partial charge in [0.2, 0.25) is 5.91 Å². The van der Waals surface area contributed by atoms with Crippen LogP contribution in [0.2, 0.25) is 0 Å². The second kappa shape index (κ2) is 9.70. The van der Waals surface area contributed by atoms with E-state index in [4.69, 9.17) is 0 Å². The standard InChI is InChI=1S/C19H26N4O3/c1-13-8-10-16(11-9-13)21-18(25)19(26)23-22-14(2)12-17(24)20-15-6-4-3-5-7-15/h8-11,15H,3-7,12H2,1-2H3,(H,20,24)(H,21,25)(H,23,26)/b22-14-. The number of hydrazone groups is 1. The minimum atomic E-state index is -0.877. The van der Waals surface area contributed by atoms with Crippen molar-refractivity contribution in [3.8, 4) is 0 Å². The van der Waals surface area contributed by atoms with E-state index in [0.717, 1.165) is 31.2 Å². The summed E-state index contributed by atoms with van der Waals surface area (Å²) in [5.41, 5.74) is 4.21. The highest BCUT2D eigenvalue weighted by atomic mass is 16.2. The van der Waals surface area contributed by atoms with Crippen LogP contribution in [0.3, 0.4) is 0 Å². The van der Waals surface area contributed by atoms with Gasteiger partial charge in [0.15, 0.2) is 0 Å². The number of carbonyl (C=O) groups excluding carboxylic acids is 3. The Morgan fingerprint density at radius 3 is 2.35 bits per heavy atom.